The summed E-state index contributed by atoms with van der Waals surface area (Å²) in [6.45, 7) is 2.28. The van der Waals surface area contributed by atoms with Gasteiger partial charge in [-0.3, -0.25) is 4.79 Å². The van der Waals surface area contributed by atoms with Crippen LogP contribution in [0.1, 0.15) is 11.1 Å². The first-order valence-corrected chi connectivity index (χ1v) is 9.15. The molecule has 26 heavy (non-hydrogen) atoms. The number of carbonyl (C=O) groups excluding carboxylic acids is 1. The van der Waals surface area contributed by atoms with Crippen molar-refractivity contribution >= 4 is 39.8 Å². The number of aromatic nitrogens is 2. The van der Waals surface area contributed by atoms with Gasteiger partial charge in [-0.05, 0) is 24.6 Å². The quantitative estimate of drug-likeness (QED) is 0.295. The van der Waals surface area contributed by atoms with Crippen molar-refractivity contribution < 1.29 is 13.9 Å². The van der Waals surface area contributed by atoms with Crippen LogP contribution in [-0.4, -0.2) is 21.7 Å². The molecule has 0 N–H and O–H groups in total. The van der Waals surface area contributed by atoms with Gasteiger partial charge >= 0.3 is 5.97 Å². The Hall–Kier alpha value is -2.86. The predicted molar refractivity (Wildman–Crippen MR) is 101 cm³/mol. The summed E-state index contributed by atoms with van der Waals surface area (Å²) in [6.07, 6.45) is 1.49. The van der Waals surface area contributed by atoms with Gasteiger partial charge in [0.1, 0.15) is 29.1 Å². The van der Waals surface area contributed by atoms with Crippen LogP contribution in [0.4, 0.5) is 0 Å². The molecule has 2 aromatic carbocycles. The van der Waals surface area contributed by atoms with Gasteiger partial charge in [-0.1, -0.05) is 53.7 Å². The molecule has 0 amide bonds. The molecule has 4 rings (SSSR count). The van der Waals surface area contributed by atoms with Crippen molar-refractivity contribution in [2.75, 3.05) is 5.75 Å². The highest BCUT2D eigenvalue weighted by atomic mass is 32.2. The molecule has 0 saturated carbocycles. The smallest absolute Gasteiger partial charge is 0.316 e. The third-order valence-electron chi connectivity index (χ3n) is 3.93. The fraction of sp³-hybridized carbons (Fsp3) is 0.150. The molecule has 0 spiro atoms. The summed E-state index contributed by atoms with van der Waals surface area (Å²) < 4.78 is 11.2. The van der Waals surface area contributed by atoms with Crippen LogP contribution in [0.25, 0.3) is 22.1 Å². The lowest BCUT2D eigenvalue weighted by atomic mass is 10.1. The topological polar surface area (TPSA) is 65.2 Å². The van der Waals surface area contributed by atoms with Gasteiger partial charge in [0.15, 0.2) is 5.58 Å². The molecule has 0 atom stereocenters. The van der Waals surface area contributed by atoms with E-state index in [1.54, 1.807) is 0 Å². The number of furan rings is 1. The summed E-state index contributed by atoms with van der Waals surface area (Å²) in [6, 6.07) is 15.6. The zero-order valence-corrected chi connectivity index (χ0v) is 15.0. The molecule has 0 saturated heterocycles. The summed E-state index contributed by atoms with van der Waals surface area (Å²) in [5, 5.41) is 1.58. The first-order chi connectivity index (χ1) is 12.7. The maximum absolute atomic E-state index is 12.1. The minimum atomic E-state index is -0.292. The van der Waals surface area contributed by atoms with Crippen LogP contribution >= 0.6 is 11.8 Å². The zero-order valence-electron chi connectivity index (χ0n) is 14.1. The normalized spacial score (nSPS) is 11.1. The van der Waals surface area contributed by atoms with Gasteiger partial charge in [0, 0.05) is 5.39 Å². The number of ether oxygens (including phenoxy) is 1. The standard InChI is InChI=1S/C20H16N2O3S/c1-13-5-4-6-14(9-13)10-24-17(23)11-26-20-19-18(21-12-22-20)15-7-2-3-8-16(15)25-19/h2-9,12H,10-11H2,1H3. The third-order valence-corrected chi connectivity index (χ3v) is 4.88. The van der Waals surface area contributed by atoms with Gasteiger partial charge in [-0.2, -0.15) is 0 Å². The summed E-state index contributed by atoms with van der Waals surface area (Å²) in [5.41, 5.74) is 4.23. The Kier molecular flexibility index (Phi) is 4.58. The molecule has 5 nitrogen and oxygen atoms in total. The number of esters is 1. The molecule has 0 aliphatic heterocycles. The Labute approximate surface area is 154 Å². The van der Waals surface area contributed by atoms with E-state index in [0.29, 0.717) is 10.6 Å². The fourth-order valence-electron chi connectivity index (χ4n) is 2.74. The second-order valence-electron chi connectivity index (χ2n) is 5.89. The van der Waals surface area contributed by atoms with Gasteiger partial charge < -0.3 is 9.15 Å². The lowest BCUT2D eigenvalue weighted by Crippen LogP contribution is -2.07. The van der Waals surface area contributed by atoms with Crippen molar-refractivity contribution in [2.24, 2.45) is 0 Å². The Bertz CT molecular complexity index is 1090. The van der Waals surface area contributed by atoms with E-state index in [1.807, 2.05) is 55.5 Å². The number of benzene rings is 2. The maximum atomic E-state index is 12.1. The number of hydrogen-bond acceptors (Lipinski definition) is 6. The van der Waals surface area contributed by atoms with Gasteiger partial charge in [-0.25, -0.2) is 9.97 Å². The zero-order chi connectivity index (χ0) is 17.9. The highest BCUT2D eigenvalue weighted by molar-refractivity contribution is 8.00. The van der Waals surface area contributed by atoms with Crippen LogP contribution < -0.4 is 0 Å². The number of fused-ring (bicyclic) bond motifs is 3. The molecule has 4 aromatic rings. The number of carbonyl (C=O) groups is 1. The van der Waals surface area contributed by atoms with Gasteiger partial charge in [0.05, 0.1) is 5.75 Å². The highest BCUT2D eigenvalue weighted by Crippen LogP contribution is 2.32. The summed E-state index contributed by atoms with van der Waals surface area (Å²) in [4.78, 5) is 20.6. The van der Waals surface area contributed by atoms with Crippen molar-refractivity contribution in [3.8, 4) is 0 Å². The molecule has 0 radical (unpaired) electrons. The molecule has 0 fully saturated rings. The second-order valence-corrected chi connectivity index (χ2v) is 6.86. The van der Waals surface area contributed by atoms with Crippen LogP contribution in [0.5, 0.6) is 0 Å². The minimum Gasteiger partial charge on any atom is -0.460 e. The van der Waals surface area contributed by atoms with Gasteiger partial charge in [0.2, 0.25) is 0 Å². The van der Waals surface area contributed by atoms with E-state index in [9.17, 15) is 4.79 Å². The lowest BCUT2D eigenvalue weighted by Gasteiger charge is -2.05. The fourth-order valence-corrected chi connectivity index (χ4v) is 3.47. The molecular formula is C20H16N2O3S. The van der Waals surface area contributed by atoms with Crippen LogP contribution in [0, 0.1) is 6.92 Å². The van der Waals surface area contributed by atoms with Gasteiger partial charge in [0.25, 0.3) is 0 Å². The van der Waals surface area contributed by atoms with E-state index in [-0.39, 0.29) is 18.3 Å². The van der Waals surface area contributed by atoms with Crippen LogP contribution in [0.3, 0.4) is 0 Å². The second kappa shape index (κ2) is 7.17. The largest absolute Gasteiger partial charge is 0.460 e. The van der Waals surface area contributed by atoms with Crippen molar-refractivity contribution in [1.29, 1.82) is 0 Å². The predicted octanol–water partition coefficient (Wildman–Crippen LogP) is 4.52. The lowest BCUT2D eigenvalue weighted by molar-refractivity contribution is -0.141. The first-order valence-electron chi connectivity index (χ1n) is 8.17. The van der Waals surface area contributed by atoms with Crippen LogP contribution in [0.2, 0.25) is 0 Å². The average Bonchev–Trinajstić information content (AvgIpc) is 3.04. The van der Waals surface area contributed by atoms with Gasteiger partial charge in [-0.15, -0.1) is 0 Å². The Morgan fingerprint density at radius 2 is 2.04 bits per heavy atom. The summed E-state index contributed by atoms with van der Waals surface area (Å²) in [5.74, 6) is -0.131. The van der Waals surface area contributed by atoms with E-state index >= 15 is 0 Å². The minimum absolute atomic E-state index is 0.162. The van der Waals surface area contributed by atoms with E-state index in [0.717, 1.165) is 27.6 Å². The molecule has 2 heterocycles. The maximum Gasteiger partial charge on any atom is 0.316 e. The SMILES string of the molecule is Cc1cccc(COC(=O)CSc2ncnc3c2oc2ccccc23)c1. The molecule has 0 aliphatic rings. The number of rotatable bonds is 5. The van der Waals surface area contributed by atoms with E-state index in [2.05, 4.69) is 9.97 Å². The molecule has 0 aliphatic carbocycles. The van der Waals surface area contributed by atoms with E-state index < -0.39 is 0 Å². The number of aryl methyl sites for hydroxylation is 1. The van der Waals surface area contributed by atoms with Crippen LogP contribution in [0.15, 0.2) is 64.3 Å². The molecule has 130 valence electrons. The monoisotopic (exact) mass is 364 g/mol. The Morgan fingerprint density at radius 3 is 2.92 bits per heavy atom. The van der Waals surface area contributed by atoms with Crippen LogP contribution in [-0.2, 0) is 16.1 Å². The van der Waals surface area contributed by atoms with E-state index in [1.165, 1.54) is 18.1 Å². The summed E-state index contributed by atoms with van der Waals surface area (Å²) in [7, 11) is 0. The molecule has 6 heteroatoms. The molecule has 2 aromatic heterocycles. The van der Waals surface area contributed by atoms with E-state index in [4.69, 9.17) is 9.15 Å². The first kappa shape index (κ1) is 16.6. The van der Waals surface area contributed by atoms with Crippen molar-refractivity contribution in [3.05, 3.63) is 66.0 Å². The number of para-hydroxylation sites is 1. The molecule has 0 bridgehead atoms. The van der Waals surface area contributed by atoms with Crippen molar-refractivity contribution in [2.45, 2.75) is 18.6 Å². The van der Waals surface area contributed by atoms with Crippen molar-refractivity contribution in [3.63, 3.8) is 0 Å². The third kappa shape index (κ3) is 3.41. The Morgan fingerprint density at radius 1 is 1.15 bits per heavy atom. The number of nitrogens with zero attached hydrogens (tertiary/aromatic N) is 2. The number of hydrogen-bond donors (Lipinski definition) is 0. The molecule has 0 unspecified atom stereocenters. The average molecular weight is 364 g/mol. The van der Waals surface area contributed by atoms with Crippen molar-refractivity contribution in [1.82, 2.24) is 9.97 Å². The molecular weight excluding hydrogens is 348 g/mol. The highest BCUT2D eigenvalue weighted by Gasteiger charge is 2.15. The summed E-state index contributed by atoms with van der Waals surface area (Å²) >= 11 is 1.29. The Balaban J connectivity index is 1.45. The number of thioether (sulfide) groups is 1.